The van der Waals surface area contributed by atoms with Crippen LogP contribution in [0.25, 0.3) is 22.2 Å². The van der Waals surface area contributed by atoms with Gasteiger partial charge in [0.2, 0.25) is 0 Å². The molecule has 1 aliphatic rings. The largest absolute Gasteiger partial charge is 0.481 e. The maximum absolute atomic E-state index is 13.6. The molecule has 0 bridgehead atoms. The van der Waals surface area contributed by atoms with Gasteiger partial charge in [0.25, 0.3) is 5.91 Å². The third-order valence-corrected chi connectivity index (χ3v) is 8.29. The number of carboxylic acid groups (broad SMARTS) is 1. The lowest BCUT2D eigenvalue weighted by molar-refractivity contribution is -0.136. The van der Waals surface area contributed by atoms with E-state index in [0.717, 1.165) is 60.2 Å². The topological polar surface area (TPSA) is 105 Å². The Morgan fingerprint density at radius 1 is 1.02 bits per heavy atom. The molecule has 1 aliphatic heterocycles. The van der Waals surface area contributed by atoms with E-state index in [2.05, 4.69) is 20.3 Å². The zero-order valence-electron chi connectivity index (χ0n) is 24.8. The predicted octanol–water partition coefficient (Wildman–Crippen LogP) is 6.42. The maximum Gasteiger partial charge on any atom is 0.307 e. The Balaban J connectivity index is 1.14. The first-order valence-corrected chi connectivity index (χ1v) is 14.9. The van der Waals surface area contributed by atoms with E-state index in [1.807, 2.05) is 71.8 Å². The number of hydrogen-bond donors (Lipinski definition) is 2. The van der Waals surface area contributed by atoms with Crippen LogP contribution in [0.5, 0.6) is 0 Å². The van der Waals surface area contributed by atoms with Crippen LogP contribution in [0, 0.1) is 11.7 Å². The number of imidazole rings is 1. The second kappa shape index (κ2) is 12.3. The number of benzene rings is 3. The zero-order valence-corrected chi connectivity index (χ0v) is 24.8. The van der Waals surface area contributed by atoms with Gasteiger partial charge in [-0.25, -0.2) is 9.37 Å². The summed E-state index contributed by atoms with van der Waals surface area (Å²) in [6, 6.07) is 19.7. The van der Waals surface area contributed by atoms with Gasteiger partial charge < -0.3 is 19.9 Å². The summed E-state index contributed by atoms with van der Waals surface area (Å²) in [5, 5.41) is 17.7. The SMILES string of the molecule is CC(C)n1cnc(C(=O)Nc2ccc3cnn(CC4CCN(c5ccc(CC(=O)O)cc5)CC4)c3c2)c1-c1ccc(F)cc1. The number of piperidine rings is 1. The second-order valence-corrected chi connectivity index (χ2v) is 11.7. The molecule has 0 spiro atoms. The molecule has 0 atom stereocenters. The first-order valence-electron chi connectivity index (χ1n) is 14.9. The molecule has 0 aliphatic carbocycles. The number of nitrogens with one attached hydrogen (secondary N) is 1. The van der Waals surface area contributed by atoms with E-state index in [4.69, 9.17) is 5.11 Å². The molecule has 1 amide bonds. The lowest BCUT2D eigenvalue weighted by atomic mass is 9.96. The first kappa shape index (κ1) is 29.1. The van der Waals surface area contributed by atoms with E-state index in [-0.39, 0.29) is 29.9 Å². The van der Waals surface area contributed by atoms with Gasteiger partial charge in [-0.15, -0.1) is 0 Å². The van der Waals surface area contributed by atoms with Gasteiger partial charge in [-0.1, -0.05) is 12.1 Å². The van der Waals surface area contributed by atoms with Crippen molar-refractivity contribution < 1.29 is 19.1 Å². The molecule has 1 fully saturated rings. The van der Waals surface area contributed by atoms with Gasteiger partial charge in [-0.2, -0.15) is 5.10 Å². The summed E-state index contributed by atoms with van der Waals surface area (Å²) in [7, 11) is 0. The Bertz CT molecular complexity index is 1780. The van der Waals surface area contributed by atoms with E-state index in [0.29, 0.717) is 17.3 Å². The molecule has 226 valence electrons. The third-order valence-electron chi connectivity index (χ3n) is 8.29. The van der Waals surface area contributed by atoms with Crippen molar-refractivity contribution in [2.75, 3.05) is 23.3 Å². The molecule has 3 aromatic carbocycles. The Kier molecular flexibility index (Phi) is 8.15. The van der Waals surface area contributed by atoms with Gasteiger partial charge in [0.05, 0.1) is 30.2 Å². The van der Waals surface area contributed by atoms with E-state index < -0.39 is 5.97 Å². The third kappa shape index (κ3) is 6.20. The number of halogens is 1. The molecule has 2 N–H and O–H groups in total. The lowest BCUT2D eigenvalue weighted by Crippen LogP contribution is -2.35. The summed E-state index contributed by atoms with van der Waals surface area (Å²) in [5.41, 5.74) is 5.16. The van der Waals surface area contributed by atoms with Crippen molar-refractivity contribution in [2.24, 2.45) is 5.92 Å². The molecule has 5 aromatic rings. The number of aliphatic carboxylic acids is 1. The molecule has 10 heteroatoms. The van der Waals surface area contributed by atoms with Gasteiger partial charge in [0.1, 0.15) is 5.82 Å². The van der Waals surface area contributed by atoms with E-state index >= 15 is 0 Å². The van der Waals surface area contributed by atoms with Crippen LogP contribution in [0.3, 0.4) is 0 Å². The second-order valence-electron chi connectivity index (χ2n) is 11.7. The summed E-state index contributed by atoms with van der Waals surface area (Å²) < 4.78 is 17.6. The molecule has 0 saturated carbocycles. The number of carboxylic acids is 1. The minimum Gasteiger partial charge on any atom is -0.481 e. The van der Waals surface area contributed by atoms with E-state index in [1.54, 1.807) is 18.5 Å². The summed E-state index contributed by atoms with van der Waals surface area (Å²) >= 11 is 0. The number of amides is 1. The van der Waals surface area contributed by atoms with Crippen LogP contribution in [0.1, 0.15) is 48.8 Å². The van der Waals surface area contributed by atoms with E-state index in [9.17, 15) is 14.0 Å². The maximum atomic E-state index is 13.6. The van der Waals surface area contributed by atoms with Crippen LogP contribution in [-0.2, 0) is 17.8 Å². The molecular formula is C34H35FN6O3. The highest BCUT2D eigenvalue weighted by molar-refractivity contribution is 6.07. The van der Waals surface area contributed by atoms with Gasteiger partial charge in [0, 0.05) is 48.0 Å². The Morgan fingerprint density at radius 2 is 1.75 bits per heavy atom. The number of aromatic nitrogens is 4. The Morgan fingerprint density at radius 3 is 2.43 bits per heavy atom. The van der Waals surface area contributed by atoms with Crippen LogP contribution in [0.2, 0.25) is 0 Å². The van der Waals surface area contributed by atoms with Crippen LogP contribution in [-0.4, -0.2) is 49.4 Å². The number of anilines is 2. The standard InChI is InChI=1S/C34H35FN6O3/c1-22(2)40-21-36-32(33(40)25-5-8-27(35)9-6-25)34(44)38-28-10-7-26-19-37-41(30(26)18-28)20-24-13-15-39(16-14-24)29-11-3-23(4-12-29)17-31(42)43/h3-12,18-19,21-22,24H,13-17,20H2,1-2H3,(H,38,44)(H,42,43). The number of fused-ring (bicyclic) bond motifs is 1. The number of rotatable bonds is 9. The molecule has 2 aromatic heterocycles. The molecule has 6 rings (SSSR count). The van der Waals surface area contributed by atoms with Crippen molar-refractivity contribution in [2.45, 2.75) is 45.7 Å². The van der Waals surface area contributed by atoms with Crippen molar-refractivity contribution in [1.29, 1.82) is 0 Å². The highest BCUT2D eigenvalue weighted by atomic mass is 19.1. The summed E-state index contributed by atoms with van der Waals surface area (Å²) in [6.45, 7) is 6.64. The predicted molar refractivity (Wildman–Crippen MR) is 168 cm³/mol. The fraction of sp³-hybridized carbons (Fsp3) is 0.294. The van der Waals surface area contributed by atoms with Crippen molar-refractivity contribution in [3.05, 3.63) is 96.3 Å². The Labute approximate surface area is 254 Å². The van der Waals surface area contributed by atoms with Crippen LogP contribution in [0.4, 0.5) is 15.8 Å². The number of hydrogen-bond acceptors (Lipinski definition) is 5. The number of carbonyl (C=O) groups is 2. The molecular weight excluding hydrogens is 559 g/mol. The monoisotopic (exact) mass is 594 g/mol. The van der Waals surface area contributed by atoms with Gasteiger partial charge in [-0.05, 0) is 92.8 Å². The average molecular weight is 595 g/mol. The first-order chi connectivity index (χ1) is 21.2. The van der Waals surface area contributed by atoms with Crippen LogP contribution in [0.15, 0.2) is 79.3 Å². The quantitative estimate of drug-likeness (QED) is 0.204. The fourth-order valence-electron chi connectivity index (χ4n) is 5.91. The highest BCUT2D eigenvalue weighted by Gasteiger charge is 2.23. The smallest absolute Gasteiger partial charge is 0.307 e. The zero-order chi connectivity index (χ0) is 30.8. The van der Waals surface area contributed by atoms with Crippen LogP contribution < -0.4 is 10.2 Å². The number of nitrogens with zero attached hydrogens (tertiary/aromatic N) is 5. The molecule has 9 nitrogen and oxygen atoms in total. The summed E-state index contributed by atoms with van der Waals surface area (Å²) in [6.07, 6.45) is 5.56. The minimum absolute atomic E-state index is 0.0329. The average Bonchev–Trinajstić information content (AvgIpc) is 3.63. The van der Waals surface area contributed by atoms with Gasteiger partial charge in [-0.3, -0.25) is 14.3 Å². The van der Waals surface area contributed by atoms with Gasteiger partial charge >= 0.3 is 5.97 Å². The summed E-state index contributed by atoms with van der Waals surface area (Å²) in [4.78, 5) is 31.2. The molecule has 1 saturated heterocycles. The van der Waals surface area contributed by atoms with E-state index in [1.165, 1.54) is 12.1 Å². The van der Waals surface area contributed by atoms with Gasteiger partial charge in [0.15, 0.2) is 5.69 Å². The molecule has 0 unspecified atom stereocenters. The lowest BCUT2D eigenvalue weighted by Gasteiger charge is -2.33. The summed E-state index contributed by atoms with van der Waals surface area (Å²) in [5.74, 6) is -1.04. The van der Waals surface area contributed by atoms with Crippen LogP contribution >= 0.6 is 0 Å². The molecule has 0 radical (unpaired) electrons. The molecule has 3 heterocycles. The van der Waals surface area contributed by atoms with Crippen molar-refractivity contribution in [3.8, 4) is 11.3 Å². The highest BCUT2D eigenvalue weighted by Crippen LogP contribution is 2.29. The number of carbonyl (C=O) groups excluding carboxylic acids is 1. The Hall–Kier alpha value is -4.99. The fourth-order valence-corrected chi connectivity index (χ4v) is 5.91. The van der Waals surface area contributed by atoms with Crippen molar-refractivity contribution in [1.82, 2.24) is 19.3 Å². The molecule has 44 heavy (non-hydrogen) atoms. The van der Waals surface area contributed by atoms with Crippen molar-refractivity contribution in [3.63, 3.8) is 0 Å². The minimum atomic E-state index is -0.825. The normalized spacial score (nSPS) is 14.0. The van der Waals surface area contributed by atoms with Crippen molar-refractivity contribution >= 4 is 34.2 Å².